The summed E-state index contributed by atoms with van der Waals surface area (Å²) < 4.78 is 0. The molecule has 0 radical (unpaired) electrons. The summed E-state index contributed by atoms with van der Waals surface area (Å²) in [6.45, 7) is 2.71. The van der Waals surface area contributed by atoms with Gasteiger partial charge in [0.05, 0.1) is 18.2 Å². The molecule has 0 amide bonds. The van der Waals surface area contributed by atoms with Crippen LogP contribution in [-0.2, 0) is 6.54 Å². The summed E-state index contributed by atoms with van der Waals surface area (Å²) in [4.78, 5) is 0. The van der Waals surface area contributed by atoms with E-state index in [1.807, 2.05) is 25.1 Å². The lowest BCUT2D eigenvalue weighted by Gasteiger charge is -2.10. The van der Waals surface area contributed by atoms with E-state index in [2.05, 4.69) is 11.4 Å². The van der Waals surface area contributed by atoms with Gasteiger partial charge >= 0.3 is 0 Å². The van der Waals surface area contributed by atoms with Crippen LogP contribution in [0, 0.1) is 11.3 Å². The van der Waals surface area contributed by atoms with E-state index in [1.54, 1.807) is 6.07 Å². The predicted octanol–water partition coefficient (Wildman–Crippen LogP) is 1.03. The minimum absolute atomic E-state index is 0.0840. The van der Waals surface area contributed by atoms with Gasteiger partial charge in [-0.1, -0.05) is 12.1 Å². The Bertz CT molecular complexity index is 330. The molecular weight excluding hydrogens is 176 g/mol. The predicted molar refractivity (Wildman–Crippen MR) is 54.5 cm³/mol. The SMILES string of the molecule is CC(CO)NCc1cccc(C#N)c1. The second-order valence-corrected chi connectivity index (χ2v) is 3.28. The maximum absolute atomic E-state index is 8.80. The average molecular weight is 190 g/mol. The van der Waals surface area contributed by atoms with Crippen molar-refractivity contribution in [1.82, 2.24) is 5.32 Å². The summed E-state index contributed by atoms with van der Waals surface area (Å²) in [5, 5.41) is 20.6. The molecule has 0 saturated carbocycles. The summed E-state index contributed by atoms with van der Waals surface area (Å²) in [5.74, 6) is 0. The van der Waals surface area contributed by atoms with Crippen molar-refractivity contribution < 1.29 is 5.11 Å². The molecule has 0 fully saturated rings. The zero-order chi connectivity index (χ0) is 10.4. The lowest BCUT2D eigenvalue weighted by Crippen LogP contribution is -2.28. The molecular formula is C11H14N2O. The van der Waals surface area contributed by atoms with E-state index in [9.17, 15) is 0 Å². The fourth-order valence-corrected chi connectivity index (χ4v) is 1.11. The Morgan fingerprint density at radius 2 is 2.36 bits per heavy atom. The molecule has 1 aromatic carbocycles. The molecule has 1 unspecified atom stereocenters. The van der Waals surface area contributed by atoms with E-state index in [1.165, 1.54) is 0 Å². The van der Waals surface area contributed by atoms with E-state index >= 15 is 0 Å². The molecule has 0 bridgehead atoms. The second kappa shape index (κ2) is 5.38. The third-order valence-electron chi connectivity index (χ3n) is 1.98. The van der Waals surface area contributed by atoms with E-state index in [-0.39, 0.29) is 12.6 Å². The van der Waals surface area contributed by atoms with Crippen LogP contribution in [0.2, 0.25) is 0 Å². The van der Waals surface area contributed by atoms with Crippen molar-refractivity contribution in [1.29, 1.82) is 5.26 Å². The van der Waals surface area contributed by atoms with Crippen molar-refractivity contribution in [2.75, 3.05) is 6.61 Å². The maximum atomic E-state index is 8.80. The topological polar surface area (TPSA) is 56.0 Å². The molecule has 3 nitrogen and oxygen atoms in total. The number of nitrogens with zero attached hydrogens (tertiary/aromatic N) is 1. The van der Waals surface area contributed by atoms with Crippen LogP contribution in [0.3, 0.4) is 0 Å². The third-order valence-corrected chi connectivity index (χ3v) is 1.98. The van der Waals surface area contributed by atoms with Gasteiger partial charge in [-0.3, -0.25) is 0 Å². The average Bonchev–Trinajstić information content (AvgIpc) is 2.26. The van der Waals surface area contributed by atoms with Gasteiger partial charge < -0.3 is 10.4 Å². The molecule has 0 heterocycles. The lowest BCUT2D eigenvalue weighted by atomic mass is 10.1. The summed E-state index contributed by atoms with van der Waals surface area (Å²) in [6, 6.07) is 9.61. The van der Waals surface area contributed by atoms with Gasteiger partial charge in [-0.2, -0.15) is 5.26 Å². The minimum Gasteiger partial charge on any atom is -0.395 e. The molecule has 74 valence electrons. The number of nitriles is 1. The third kappa shape index (κ3) is 3.17. The minimum atomic E-state index is 0.0840. The first-order chi connectivity index (χ1) is 6.76. The van der Waals surface area contributed by atoms with Crippen molar-refractivity contribution in [2.45, 2.75) is 19.5 Å². The van der Waals surface area contributed by atoms with Crippen LogP contribution >= 0.6 is 0 Å². The van der Waals surface area contributed by atoms with E-state index in [0.717, 1.165) is 5.56 Å². The molecule has 1 atom stereocenters. The van der Waals surface area contributed by atoms with Crippen LogP contribution in [0.4, 0.5) is 0 Å². The number of hydrogen-bond donors (Lipinski definition) is 2. The van der Waals surface area contributed by atoms with Crippen molar-refractivity contribution in [2.24, 2.45) is 0 Å². The molecule has 1 rings (SSSR count). The normalized spacial score (nSPS) is 12.1. The first kappa shape index (κ1) is 10.7. The van der Waals surface area contributed by atoms with Gasteiger partial charge in [-0.25, -0.2) is 0 Å². The van der Waals surface area contributed by atoms with E-state index in [4.69, 9.17) is 10.4 Å². The number of rotatable bonds is 4. The lowest BCUT2D eigenvalue weighted by molar-refractivity contribution is 0.251. The van der Waals surface area contributed by atoms with Gasteiger partial charge in [0.25, 0.3) is 0 Å². The van der Waals surface area contributed by atoms with Gasteiger partial charge in [0.2, 0.25) is 0 Å². The van der Waals surface area contributed by atoms with Gasteiger partial charge in [0.15, 0.2) is 0 Å². The summed E-state index contributed by atoms with van der Waals surface area (Å²) in [5.41, 5.74) is 1.73. The molecule has 0 aliphatic carbocycles. The number of aliphatic hydroxyl groups is 1. The highest BCUT2D eigenvalue weighted by Crippen LogP contribution is 2.03. The molecule has 0 aliphatic heterocycles. The number of nitrogens with one attached hydrogen (secondary N) is 1. The van der Waals surface area contributed by atoms with Gasteiger partial charge in [-0.05, 0) is 24.6 Å². The Balaban J connectivity index is 2.55. The molecule has 14 heavy (non-hydrogen) atoms. The summed E-state index contributed by atoms with van der Waals surface area (Å²) in [7, 11) is 0. The monoisotopic (exact) mass is 190 g/mol. The van der Waals surface area contributed by atoms with Crippen LogP contribution in [0.15, 0.2) is 24.3 Å². The van der Waals surface area contributed by atoms with Crippen molar-refractivity contribution in [3.8, 4) is 6.07 Å². The summed E-state index contributed by atoms with van der Waals surface area (Å²) >= 11 is 0. The highest BCUT2D eigenvalue weighted by Gasteiger charge is 1.99. The fraction of sp³-hybridized carbons (Fsp3) is 0.364. The van der Waals surface area contributed by atoms with Gasteiger partial charge in [0, 0.05) is 12.6 Å². The van der Waals surface area contributed by atoms with Crippen LogP contribution in [0.5, 0.6) is 0 Å². The highest BCUT2D eigenvalue weighted by atomic mass is 16.3. The Kier molecular flexibility index (Phi) is 4.11. The Morgan fingerprint density at radius 1 is 1.57 bits per heavy atom. The first-order valence-corrected chi connectivity index (χ1v) is 4.59. The number of hydrogen-bond acceptors (Lipinski definition) is 3. The zero-order valence-electron chi connectivity index (χ0n) is 8.20. The second-order valence-electron chi connectivity index (χ2n) is 3.28. The molecule has 0 aliphatic rings. The van der Waals surface area contributed by atoms with Crippen molar-refractivity contribution >= 4 is 0 Å². The Labute approximate surface area is 84.0 Å². The molecule has 2 N–H and O–H groups in total. The molecule has 0 saturated heterocycles. The summed E-state index contributed by atoms with van der Waals surface area (Å²) in [6.07, 6.45) is 0. The maximum Gasteiger partial charge on any atom is 0.0991 e. The van der Waals surface area contributed by atoms with Gasteiger partial charge in [-0.15, -0.1) is 0 Å². The van der Waals surface area contributed by atoms with Crippen LogP contribution in [-0.4, -0.2) is 17.8 Å². The quantitative estimate of drug-likeness (QED) is 0.745. The van der Waals surface area contributed by atoms with Crippen LogP contribution in [0.25, 0.3) is 0 Å². The van der Waals surface area contributed by atoms with Crippen molar-refractivity contribution in [3.05, 3.63) is 35.4 Å². The van der Waals surface area contributed by atoms with E-state index < -0.39 is 0 Å². The molecule has 3 heteroatoms. The first-order valence-electron chi connectivity index (χ1n) is 4.59. The van der Waals surface area contributed by atoms with Gasteiger partial charge in [0.1, 0.15) is 0 Å². The standard InChI is InChI=1S/C11H14N2O/c1-9(8-14)13-7-11-4-2-3-10(5-11)6-12/h2-5,9,13-14H,7-8H2,1H3. The van der Waals surface area contributed by atoms with Crippen molar-refractivity contribution in [3.63, 3.8) is 0 Å². The Morgan fingerprint density at radius 3 is 3.00 bits per heavy atom. The molecule has 1 aromatic rings. The molecule has 0 aromatic heterocycles. The molecule has 0 spiro atoms. The van der Waals surface area contributed by atoms with Crippen LogP contribution in [0.1, 0.15) is 18.1 Å². The number of benzene rings is 1. The van der Waals surface area contributed by atoms with E-state index in [0.29, 0.717) is 12.1 Å². The van der Waals surface area contributed by atoms with Crippen LogP contribution < -0.4 is 5.32 Å². The fourth-order valence-electron chi connectivity index (χ4n) is 1.11. The Hall–Kier alpha value is -1.37. The highest BCUT2D eigenvalue weighted by molar-refractivity contribution is 5.32. The number of aliphatic hydroxyl groups excluding tert-OH is 1. The smallest absolute Gasteiger partial charge is 0.0991 e. The largest absolute Gasteiger partial charge is 0.395 e. The zero-order valence-corrected chi connectivity index (χ0v) is 8.20.